The number of hydrogen-bond donors (Lipinski definition) is 3. The van der Waals surface area contributed by atoms with E-state index in [1.165, 1.54) is 43.5 Å². The molecule has 4 amide bonds. The van der Waals surface area contributed by atoms with Crippen LogP contribution in [0.15, 0.2) is 48.0 Å². The van der Waals surface area contributed by atoms with Gasteiger partial charge in [-0.2, -0.15) is 0 Å². The number of methoxy groups -OCH3 is 1. The summed E-state index contributed by atoms with van der Waals surface area (Å²) in [6.07, 6.45) is 1.22. The zero-order valence-electron chi connectivity index (χ0n) is 13.6. The summed E-state index contributed by atoms with van der Waals surface area (Å²) < 4.78 is 5.08. The summed E-state index contributed by atoms with van der Waals surface area (Å²) in [4.78, 5) is 37.8. The van der Waals surface area contributed by atoms with Crippen molar-refractivity contribution in [1.82, 2.24) is 5.32 Å². The number of carbonyl (C=O) groups excluding carboxylic acids is 3. The highest BCUT2D eigenvalue weighted by Gasteiger charge is 2.36. The van der Waals surface area contributed by atoms with Crippen LogP contribution in [0.4, 0.5) is 10.5 Å². The van der Waals surface area contributed by atoms with Gasteiger partial charge in [0.1, 0.15) is 11.3 Å². The predicted octanol–water partition coefficient (Wildman–Crippen LogP) is 1.77. The predicted molar refractivity (Wildman–Crippen MR) is 91.8 cm³/mol. The first-order valence-electron chi connectivity index (χ1n) is 7.48. The van der Waals surface area contributed by atoms with E-state index in [1.54, 1.807) is 12.1 Å². The van der Waals surface area contributed by atoms with Crippen LogP contribution in [0.1, 0.15) is 5.56 Å². The van der Waals surface area contributed by atoms with Gasteiger partial charge in [0.2, 0.25) is 0 Å². The number of hydrogen-bond acceptors (Lipinski definition) is 6. The Kier molecular flexibility index (Phi) is 4.32. The molecule has 2 aromatic rings. The van der Waals surface area contributed by atoms with Crippen molar-refractivity contribution in [3.8, 4) is 17.2 Å². The van der Waals surface area contributed by atoms with Gasteiger partial charge in [0.25, 0.3) is 11.8 Å². The van der Waals surface area contributed by atoms with Gasteiger partial charge in [-0.25, -0.2) is 9.69 Å². The Morgan fingerprint density at radius 3 is 2.50 bits per heavy atom. The molecule has 1 aliphatic heterocycles. The highest BCUT2D eigenvalue weighted by Crippen LogP contribution is 2.28. The van der Waals surface area contributed by atoms with Crippen molar-refractivity contribution in [2.45, 2.75) is 0 Å². The van der Waals surface area contributed by atoms with E-state index in [0.29, 0.717) is 11.3 Å². The SMILES string of the molecule is COc1cccc(N2C(=O)NC(=O)/C(=C/c3ccc(O)c(O)c3)C2=O)c1. The zero-order chi connectivity index (χ0) is 18.8. The van der Waals surface area contributed by atoms with Crippen LogP contribution >= 0.6 is 0 Å². The van der Waals surface area contributed by atoms with Gasteiger partial charge in [-0.3, -0.25) is 14.9 Å². The maximum absolute atomic E-state index is 12.7. The molecule has 0 bridgehead atoms. The smallest absolute Gasteiger partial charge is 0.335 e. The molecular formula is C18H14N2O6. The Bertz CT molecular complexity index is 950. The van der Waals surface area contributed by atoms with Crippen molar-refractivity contribution in [3.63, 3.8) is 0 Å². The van der Waals surface area contributed by atoms with Gasteiger partial charge in [-0.05, 0) is 35.9 Å². The number of barbiturate groups is 1. The first-order valence-corrected chi connectivity index (χ1v) is 7.48. The Morgan fingerprint density at radius 2 is 1.81 bits per heavy atom. The number of nitrogens with zero attached hydrogens (tertiary/aromatic N) is 1. The molecule has 0 atom stereocenters. The molecule has 0 aliphatic carbocycles. The molecular weight excluding hydrogens is 340 g/mol. The van der Waals surface area contributed by atoms with E-state index in [-0.39, 0.29) is 17.0 Å². The highest BCUT2D eigenvalue weighted by molar-refractivity contribution is 6.39. The van der Waals surface area contributed by atoms with E-state index in [9.17, 15) is 24.6 Å². The lowest BCUT2D eigenvalue weighted by atomic mass is 10.1. The van der Waals surface area contributed by atoms with Gasteiger partial charge < -0.3 is 14.9 Å². The molecule has 26 heavy (non-hydrogen) atoms. The van der Waals surface area contributed by atoms with Crippen LogP contribution in [0, 0.1) is 0 Å². The van der Waals surface area contributed by atoms with Gasteiger partial charge >= 0.3 is 6.03 Å². The molecule has 8 nitrogen and oxygen atoms in total. The maximum atomic E-state index is 12.7. The van der Waals surface area contributed by atoms with Crippen molar-refractivity contribution in [1.29, 1.82) is 0 Å². The van der Waals surface area contributed by atoms with Crippen LogP contribution in [0.3, 0.4) is 0 Å². The number of ether oxygens (including phenoxy) is 1. The fourth-order valence-electron chi connectivity index (χ4n) is 2.44. The summed E-state index contributed by atoms with van der Waals surface area (Å²) in [6.45, 7) is 0. The quantitative estimate of drug-likeness (QED) is 0.439. The summed E-state index contributed by atoms with van der Waals surface area (Å²) in [6, 6.07) is 9.21. The van der Waals surface area contributed by atoms with Gasteiger partial charge in [-0.1, -0.05) is 12.1 Å². The standard InChI is InChI=1S/C18H14N2O6/c1-26-12-4-2-3-11(9-12)20-17(24)13(16(23)19-18(20)25)7-10-5-6-14(21)15(22)8-10/h2-9,21-22H,1H3,(H,19,23,25)/b13-7-. The van der Waals surface area contributed by atoms with Crippen molar-refractivity contribution in [2.24, 2.45) is 0 Å². The third-order valence-corrected chi connectivity index (χ3v) is 3.72. The Labute approximate surface area is 147 Å². The summed E-state index contributed by atoms with van der Waals surface area (Å²) in [5, 5.41) is 21.0. The van der Waals surface area contributed by atoms with E-state index in [0.717, 1.165) is 4.90 Å². The fraction of sp³-hybridized carbons (Fsp3) is 0.0556. The van der Waals surface area contributed by atoms with Crippen LogP contribution in [-0.2, 0) is 9.59 Å². The summed E-state index contributed by atoms with van der Waals surface area (Å²) in [5.41, 5.74) is 0.245. The Balaban J connectivity index is 2.02. The van der Waals surface area contributed by atoms with Crippen LogP contribution in [0.25, 0.3) is 6.08 Å². The third kappa shape index (κ3) is 3.07. The zero-order valence-corrected chi connectivity index (χ0v) is 13.6. The van der Waals surface area contributed by atoms with E-state index in [2.05, 4.69) is 5.32 Å². The van der Waals surface area contributed by atoms with Gasteiger partial charge in [0.05, 0.1) is 12.8 Å². The minimum Gasteiger partial charge on any atom is -0.504 e. The number of benzene rings is 2. The minimum atomic E-state index is -0.876. The van der Waals surface area contributed by atoms with Crippen LogP contribution in [0.5, 0.6) is 17.2 Å². The lowest BCUT2D eigenvalue weighted by Gasteiger charge is -2.26. The second-order valence-electron chi connectivity index (χ2n) is 5.41. The van der Waals surface area contributed by atoms with Crippen molar-refractivity contribution >= 4 is 29.6 Å². The average molecular weight is 354 g/mol. The molecule has 1 heterocycles. The van der Waals surface area contributed by atoms with Gasteiger partial charge in [0, 0.05) is 6.07 Å². The highest BCUT2D eigenvalue weighted by atomic mass is 16.5. The minimum absolute atomic E-state index is 0.235. The molecule has 1 fully saturated rings. The topological polar surface area (TPSA) is 116 Å². The van der Waals surface area contributed by atoms with Gasteiger partial charge in [-0.15, -0.1) is 0 Å². The Hall–Kier alpha value is -3.81. The lowest BCUT2D eigenvalue weighted by Crippen LogP contribution is -2.54. The summed E-state index contributed by atoms with van der Waals surface area (Å²) >= 11 is 0. The van der Waals surface area contributed by atoms with E-state index in [4.69, 9.17) is 4.74 Å². The molecule has 0 spiro atoms. The first-order chi connectivity index (χ1) is 12.4. The number of phenolic OH excluding ortho intramolecular Hbond substituents is 2. The van der Waals surface area contributed by atoms with E-state index < -0.39 is 23.6 Å². The number of amides is 4. The summed E-state index contributed by atoms with van der Waals surface area (Å²) in [7, 11) is 1.45. The van der Waals surface area contributed by atoms with Crippen LogP contribution < -0.4 is 15.0 Å². The molecule has 0 saturated carbocycles. The molecule has 1 aliphatic rings. The number of nitrogens with one attached hydrogen (secondary N) is 1. The number of urea groups is 1. The number of rotatable bonds is 3. The first kappa shape index (κ1) is 17.0. The molecule has 2 aromatic carbocycles. The molecule has 3 rings (SSSR count). The van der Waals surface area contributed by atoms with Crippen molar-refractivity contribution in [3.05, 3.63) is 53.6 Å². The number of aromatic hydroxyl groups is 2. The van der Waals surface area contributed by atoms with Crippen molar-refractivity contribution in [2.75, 3.05) is 12.0 Å². The molecule has 0 radical (unpaired) electrons. The normalized spacial score (nSPS) is 16.0. The van der Waals surface area contributed by atoms with Crippen LogP contribution in [-0.4, -0.2) is 35.2 Å². The lowest BCUT2D eigenvalue weighted by molar-refractivity contribution is -0.122. The number of carbonyl (C=O) groups is 3. The van der Waals surface area contributed by atoms with Crippen LogP contribution in [0.2, 0.25) is 0 Å². The molecule has 8 heteroatoms. The van der Waals surface area contributed by atoms with Gasteiger partial charge in [0.15, 0.2) is 11.5 Å². The fourth-order valence-corrected chi connectivity index (χ4v) is 2.44. The number of anilines is 1. The maximum Gasteiger partial charge on any atom is 0.335 e. The summed E-state index contributed by atoms with van der Waals surface area (Å²) in [5.74, 6) is -1.97. The average Bonchev–Trinajstić information content (AvgIpc) is 2.61. The Morgan fingerprint density at radius 1 is 1.04 bits per heavy atom. The second kappa shape index (κ2) is 6.60. The molecule has 1 saturated heterocycles. The van der Waals surface area contributed by atoms with E-state index in [1.807, 2.05) is 0 Å². The second-order valence-corrected chi connectivity index (χ2v) is 5.41. The van der Waals surface area contributed by atoms with E-state index >= 15 is 0 Å². The van der Waals surface area contributed by atoms with Crippen molar-refractivity contribution < 1.29 is 29.3 Å². The monoisotopic (exact) mass is 354 g/mol. The largest absolute Gasteiger partial charge is 0.504 e. The number of imide groups is 2. The third-order valence-electron chi connectivity index (χ3n) is 3.72. The molecule has 0 aromatic heterocycles. The molecule has 132 valence electrons. The molecule has 3 N–H and O–H groups in total. The molecule has 0 unspecified atom stereocenters. The number of phenols is 2.